The zero-order valence-electron chi connectivity index (χ0n) is 14.6. The molecule has 0 fully saturated rings. The maximum Gasteiger partial charge on any atom is 0.191 e. The molecule has 1 aromatic heterocycles. The Kier molecular flexibility index (Phi) is 6.94. The van der Waals surface area contributed by atoms with E-state index in [9.17, 15) is 8.42 Å². The SMILES string of the molecule is CN=C(NCCc1ccccn1)NCc1ccc(CS(C)(=O)=O)cc1. The number of nitrogens with one attached hydrogen (secondary N) is 2. The van der Waals surface area contributed by atoms with E-state index in [2.05, 4.69) is 20.6 Å². The maximum absolute atomic E-state index is 11.3. The fourth-order valence-electron chi connectivity index (χ4n) is 2.32. The number of hydrogen-bond donors (Lipinski definition) is 2. The van der Waals surface area contributed by atoms with Crippen LogP contribution in [0.1, 0.15) is 16.8 Å². The predicted molar refractivity (Wildman–Crippen MR) is 101 cm³/mol. The van der Waals surface area contributed by atoms with E-state index in [0.29, 0.717) is 6.54 Å². The van der Waals surface area contributed by atoms with Crippen molar-refractivity contribution in [1.82, 2.24) is 15.6 Å². The molecule has 0 unspecified atom stereocenters. The standard InChI is InChI=1S/C18H24N4O2S/c1-19-18(21-12-10-17-5-3-4-11-20-17)22-13-15-6-8-16(9-7-15)14-25(2,23)24/h3-9,11H,10,12-14H2,1-2H3,(H2,19,21,22). The quantitative estimate of drug-likeness (QED) is 0.578. The third kappa shape index (κ3) is 7.34. The van der Waals surface area contributed by atoms with Gasteiger partial charge in [0.1, 0.15) is 0 Å². The molecule has 0 spiro atoms. The minimum absolute atomic E-state index is 0.0669. The van der Waals surface area contributed by atoms with Crippen molar-refractivity contribution in [2.75, 3.05) is 19.8 Å². The molecule has 1 aromatic carbocycles. The lowest BCUT2D eigenvalue weighted by molar-refractivity contribution is 0.601. The third-order valence-electron chi connectivity index (χ3n) is 3.54. The zero-order chi connectivity index (χ0) is 18.1. The highest BCUT2D eigenvalue weighted by molar-refractivity contribution is 7.89. The first-order valence-electron chi connectivity index (χ1n) is 8.06. The van der Waals surface area contributed by atoms with Crippen LogP contribution in [0.3, 0.4) is 0 Å². The molecule has 0 aliphatic carbocycles. The molecule has 0 saturated heterocycles. The summed E-state index contributed by atoms with van der Waals surface area (Å²) in [5.41, 5.74) is 2.89. The van der Waals surface area contributed by atoms with Crippen LogP contribution in [0.15, 0.2) is 53.7 Å². The van der Waals surface area contributed by atoms with Gasteiger partial charge < -0.3 is 10.6 Å². The molecule has 0 amide bonds. The Morgan fingerprint density at radius 2 is 1.80 bits per heavy atom. The lowest BCUT2D eigenvalue weighted by atomic mass is 10.1. The summed E-state index contributed by atoms with van der Waals surface area (Å²) in [6.07, 6.45) is 3.85. The van der Waals surface area contributed by atoms with Gasteiger partial charge in [-0.3, -0.25) is 9.98 Å². The van der Waals surface area contributed by atoms with Gasteiger partial charge in [0.05, 0.1) is 5.75 Å². The minimum Gasteiger partial charge on any atom is -0.356 e. The number of benzene rings is 1. The number of aromatic nitrogens is 1. The third-order valence-corrected chi connectivity index (χ3v) is 4.39. The number of aliphatic imine (C=N–C) groups is 1. The second-order valence-corrected chi connectivity index (χ2v) is 7.95. The number of pyridine rings is 1. The Morgan fingerprint density at radius 1 is 1.08 bits per heavy atom. The van der Waals surface area contributed by atoms with Crippen LogP contribution in [-0.4, -0.2) is 39.2 Å². The zero-order valence-corrected chi connectivity index (χ0v) is 15.4. The average molecular weight is 360 g/mol. The molecular formula is C18H24N4O2S. The summed E-state index contributed by atoms with van der Waals surface area (Å²) in [4.78, 5) is 8.48. The molecule has 25 heavy (non-hydrogen) atoms. The van der Waals surface area contributed by atoms with Crippen molar-refractivity contribution < 1.29 is 8.42 Å². The van der Waals surface area contributed by atoms with Crippen LogP contribution >= 0.6 is 0 Å². The summed E-state index contributed by atoms with van der Waals surface area (Å²) in [6, 6.07) is 13.4. The van der Waals surface area contributed by atoms with Gasteiger partial charge in [-0.2, -0.15) is 0 Å². The van der Waals surface area contributed by atoms with Crippen molar-refractivity contribution in [3.8, 4) is 0 Å². The van der Waals surface area contributed by atoms with Crippen molar-refractivity contribution in [2.24, 2.45) is 4.99 Å². The monoisotopic (exact) mass is 360 g/mol. The molecule has 6 nitrogen and oxygen atoms in total. The van der Waals surface area contributed by atoms with E-state index in [-0.39, 0.29) is 5.75 Å². The van der Waals surface area contributed by atoms with Gasteiger partial charge in [-0.15, -0.1) is 0 Å². The van der Waals surface area contributed by atoms with Crippen LogP contribution in [0.25, 0.3) is 0 Å². The molecule has 0 aliphatic heterocycles. The van der Waals surface area contributed by atoms with E-state index in [4.69, 9.17) is 0 Å². The van der Waals surface area contributed by atoms with Crippen LogP contribution in [0.4, 0.5) is 0 Å². The van der Waals surface area contributed by atoms with Gasteiger partial charge in [0.2, 0.25) is 0 Å². The number of guanidine groups is 1. The van der Waals surface area contributed by atoms with Crippen LogP contribution in [0, 0.1) is 0 Å². The average Bonchev–Trinajstić information content (AvgIpc) is 2.59. The summed E-state index contributed by atoms with van der Waals surface area (Å²) < 4.78 is 22.6. The van der Waals surface area contributed by atoms with Crippen LogP contribution < -0.4 is 10.6 Å². The van der Waals surface area contributed by atoms with Crippen LogP contribution in [0.5, 0.6) is 0 Å². The minimum atomic E-state index is -3.00. The highest BCUT2D eigenvalue weighted by atomic mass is 32.2. The summed E-state index contributed by atoms with van der Waals surface area (Å²) >= 11 is 0. The van der Waals surface area contributed by atoms with E-state index >= 15 is 0 Å². The summed E-state index contributed by atoms with van der Waals surface area (Å²) in [5.74, 6) is 0.786. The van der Waals surface area contributed by atoms with E-state index in [1.807, 2.05) is 42.5 Å². The number of rotatable bonds is 7. The van der Waals surface area contributed by atoms with Gasteiger partial charge in [0.25, 0.3) is 0 Å². The molecule has 134 valence electrons. The molecule has 0 saturated carbocycles. The first-order chi connectivity index (χ1) is 12.0. The number of hydrogen-bond acceptors (Lipinski definition) is 4. The molecular weight excluding hydrogens is 336 g/mol. The van der Waals surface area contributed by atoms with Gasteiger partial charge in [-0.25, -0.2) is 8.42 Å². The smallest absolute Gasteiger partial charge is 0.191 e. The van der Waals surface area contributed by atoms with E-state index in [0.717, 1.165) is 35.7 Å². The Bertz CT molecular complexity index is 788. The first-order valence-corrected chi connectivity index (χ1v) is 10.1. The first kappa shape index (κ1) is 18.9. The highest BCUT2D eigenvalue weighted by Gasteiger charge is 2.04. The molecule has 0 aliphatic rings. The van der Waals surface area contributed by atoms with Crippen LogP contribution in [-0.2, 0) is 28.6 Å². The highest BCUT2D eigenvalue weighted by Crippen LogP contribution is 2.07. The van der Waals surface area contributed by atoms with E-state index in [1.54, 1.807) is 13.2 Å². The molecule has 0 bridgehead atoms. The van der Waals surface area contributed by atoms with Gasteiger partial charge in [-0.05, 0) is 23.3 Å². The molecule has 2 aromatic rings. The lowest BCUT2D eigenvalue weighted by Gasteiger charge is -2.12. The summed E-state index contributed by atoms with van der Waals surface area (Å²) in [6.45, 7) is 1.35. The molecule has 0 atom stereocenters. The Labute approximate surface area is 149 Å². The molecule has 2 rings (SSSR count). The van der Waals surface area contributed by atoms with E-state index in [1.165, 1.54) is 6.26 Å². The van der Waals surface area contributed by atoms with Crippen molar-refractivity contribution in [3.05, 3.63) is 65.5 Å². The second-order valence-electron chi connectivity index (χ2n) is 5.81. The summed E-state index contributed by atoms with van der Waals surface area (Å²) in [7, 11) is -1.28. The van der Waals surface area contributed by atoms with Crippen molar-refractivity contribution in [1.29, 1.82) is 0 Å². The fourth-order valence-corrected chi connectivity index (χ4v) is 3.12. The Hall–Kier alpha value is -2.41. The predicted octanol–water partition coefficient (Wildman–Crippen LogP) is 1.53. The van der Waals surface area contributed by atoms with Gasteiger partial charge in [0.15, 0.2) is 15.8 Å². The van der Waals surface area contributed by atoms with Gasteiger partial charge >= 0.3 is 0 Å². The fraction of sp³-hybridized carbons (Fsp3) is 0.333. The van der Waals surface area contributed by atoms with Gasteiger partial charge in [-0.1, -0.05) is 30.3 Å². The van der Waals surface area contributed by atoms with Crippen LogP contribution in [0.2, 0.25) is 0 Å². The largest absolute Gasteiger partial charge is 0.356 e. The maximum atomic E-state index is 11.3. The number of nitrogens with zero attached hydrogens (tertiary/aromatic N) is 2. The van der Waals surface area contributed by atoms with Crippen molar-refractivity contribution in [2.45, 2.75) is 18.7 Å². The lowest BCUT2D eigenvalue weighted by Crippen LogP contribution is -2.37. The van der Waals surface area contributed by atoms with Gasteiger partial charge in [0, 0.05) is 44.7 Å². The van der Waals surface area contributed by atoms with E-state index < -0.39 is 9.84 Å². The summed E-state index contributed by atoms with van der Waals surface area (Å²) in [5, 5.41) is 6.49. The molecule has 1 heterocycles. The Morgan fingerprint density at radius 3 is 2.40 bits per heavy atom. The van der Waals surface area contributed by atoms with Crippen molar-refractivity contribution in [3.63, 3.8) is 0 Å². The molecule has 2 N–H and O–H groups in total. The number of sulfone groups is 1. The van der Waals surface area contributed by atoms with Crippen molar-refractivity contribution >= 4 is 15.8 Å². The normalized spacial score (nSPS) is 12.0. The Balaban J connectivity index is 1.78. The topological polar surface area (TPSA) is 83.4 Å². The molecule has 7 heteroatoms. The molecule has 0 radical (unpaired) electrons. The second kappa shape index (κ2) is 9.17.